The number of hydrogen-bond acceptors (Lipinski definition) is 8. The summed E-state index contributed by atoms with van der Waals surface area (Å²) in [6, 6.07) is 0. The third-order valence-electron chi connectivity index (χ3n) is 6.49. The molecule has 0 aromatic heterocycles. The van der Waals surface area contributed by atoms with Gasteiger partial charge < -0.3 is 20.1 Å². The number of ether oxygens (including phenoxy) is 2. The average molecular weight is 580 g/mol. The zero-order valence-corrected chi connectivity index (χ0v) is 25.8. The molecular formula is C29H58NO8P. The molecule has 0 fully saturated rings. The Balaban J connectivity index is 4.09. The van der Waals surface area contributed by atoms with Crippen LogP contribution in [0.1, 0.15) is 142 Å². The smallest absolute Gasteiger partial charge is 0.462 e. The van der Waals surface area contributed by atoms with E-state index in [1.165, 1.54) is 77.0 Å². The van der Waals surface area contributed by atoms with E-state index in [1.54, 1.807) is 0 Å². The van der Waals surface area contributed by atoms with Gasteiger partial charge in [0.1, 0.15) is 6.61 Å². The molecule has 3 N–H and O–H groups in total. The molecule has 39 heavy (non-hydrogen) atoms. The summed E-state index contributed by atoms with van der Waals surface area (Å²) in [5, 5.41) is 0. The molecule has 2 atom stereocenters. The maximum absolute atomic E-state index is 12.3. The van der Waals surface area contributed by atoms with Gasteiger partial charge in [0.05, 0.1) is 13.2 Å². The zero-order valence-electron chi connectivity index (χ0n) is 24.9. The molecule has 0 aliphatic carbocycles. The molecule has 10 heteroatoms. The van der Waals surface area contributed by atoms with E-state index in [2.05, 4.69) is 6.92 Å². The van der Waals surface area contributed by atoms with Crippen LogP contribution >= 0.6 is 7.82 Å². The first-order chi connectivity index (χ1) is 18.8. The summed E-state index contributed by atoms with van der Waals surface area (Å²) in [6.07, 6.45) is 20.7. The lowest BCUT2D eigenvalue weighted by molar-refractivity contribution is -0.161. The van der Waals surface area contributed by atoms with E-state index in [0.717, 1.165) is 25.7 Å². The van der Waals surface area contributed by atoms with Crippen LogP contribution in [0.5, 0.6) is 0 Å². The Hall–Kier alpha value is -0.990. The van der Waals surface area contributed by atoms with Crippen LogP contribution in [0.25, 0.3) is 0 Å². The molecule has 0 saturated carbocycles. The van der Waals surface area contributed by atoms with Crippen LogP contribution < -0.4 is 5.73 Å². The first-order valence-corrected chi connectivity index (χ1v) is 17.0. The molecule has 0 rings (SSSR count). The van der Waals surface area contributed by atoms with E-state index in [9.17, 15) is 19.0 Å². The standard InChI is InChI=1S/C29H58NO8P/c1-3-5-7-8-9-10-11-12-13-14-15-16-17-18-20-22-29(32)38-27(25-35-28(31)21-19-6-4-2)26-37-39(33,34)36-24-23-30/h27H,3-26,30H2,1-2H3,(H,33,34)/t27-/m0/s1. The topological polar surface area (TPSA) is 134 Å². The molecule has 0 aliphatic heterocycles. The van der Waals surface area contributed by atoms with Gasteiger partial charge in [-0.05, 0) is 12.8 Å². The van der Waals surface area contributed by atoms with E-state index >= 15 is 0 Å². The van der Waals surface area contributed by atoms with Crippen LogP contribution in [0.4, 0.5) is 0 Å². The van der Waals surface area contributed by atoms with Gasteiger partial charge in [0.25, 0.3) is 0 Å². The van der Waals surface area contributed by atoms with Crippen molar-refractivity contribution in [2.75, 3.05) is 26.4 Å². The lowest BCUT2D eigenvalue weighted by atomic mass is 10.0. The predicted molar refractivity (Wildman–Crippen MR) is 155 cm³/mol. The van der Waals surface area contributed by atoms with Crippen molar-refractivity contribution in [3.05, 3.63) is 0 Å². The summed E-state index contributed by atoms with van der Waals surface area (Å²) in [5.41, 5.74) is 5.28. The maximum Gasteiger partial charge on any atom is 0.472 e. The SMILES string of the molecule is CCCCCCCCCCCCCCCCCC(=O)O[C@@H](COC(=O)CCCCC)COP(=O)(O)OCCN. The van der Waals surface area contributed by atoms with Crippen molar-refractivity contribution in [2.24, 2.45) is 5.73 Å². The predicted octanol–water partition coefficient (Wildman–Crippen LogP) is 7.38. The van der Waals surface area contributed by atoms with Crippen molar-refractivity contribution >= 4 is 19.8 Å². The highest BCUT2D eigenvalue weighted by Gasteiger charge is 2.25. The quantitative estimate of drug-likeness (QED) is 0.0529. The molecule has 0 aliphatic rings. The Bertz CT molecular complexity index is 634. The molecule has 0 saturated heterocycles. The number of unbranched alkanes of at least 4 members (excludes halogenated alkanes) is 16. The number of carbonyl (C=O) groups excluding carboxylic acids is 2. The minimum Gasteiger partial charge on any atom is -0.462 e. The first-order valence-electron chi connectivity index (χ1n) is 15.5. The molecule has 0 bridgehead atoms. The Morgan fingerprint density at radius 3 is 1.62 bits per heavy atom. The van der Waals surface area contributed by atoms with Crippen LogP contribution in [-0.4, -0.2) is 49.3 Å². The van der Waals surface area contributed by atoms with Crippen molar-refractivity contribution in [2.45, 2.75) is 148 Å². The van der Waals surface area contributed by atoms with Crippen LogP contribution in [-0.2, 0) is 32.7 Å². The van der Waals surface area contributed by atoms with Gasteiger partial charge in [-0.1, -0.05) is 117 Å². The van der Waals surface area contributed by atoms with E-state index < -0.39 is 32.5 Å². The fourth-order valence-electron chi connectivity index (χ4n) is 4.16. The fraction of sp³-hybridized carbons (Fsp3) is 0.931. The van der Waals surface area contributed by atoms with Gasteiger partial charge in [0.15, 0.2) is 6.10 Å². The van der Waals surface area contributed by atoms with Crippen molar-refractivity contribution < 1.29 is 37.6 Å². The third kappa shape index (κ3) is 27.0. The number of nitrogens with two attached hydrogens (primary N) is 1. The minimum atomic E-state index is -4.34. The highest BCUT2D eigenvalue weighted by molar-refractivity contribution is 7.47. The van der Waals surface area contributed by atoms with Crippen LogP contribution in [0, 0.1) is 0 Å². The van der Waals surface area contributed by atoms with Gasteiger partial charge in [-0.3, -0.25) is 18.6 Å². The monoisotopic (exact) mass is 579 g/mol. The average Bonchev–Trinajstić information content (AvgIpc) is 2.91. The van der Waals surface area contributed by atoms with Crippen LogP contribution in [0.2, 0.25) is 0 Å². The van der Waals surface area contributed by atoms with Crippen LogP contribution in [0.15, 0.2) is 0 Å². The maximum atomic E-state index is 12.3. The Labute approximate surface area is 237 Å². The van der Waals surface area contributed by atoms with Gasteiger partial charge in [-0.15, -0.1) is 0 Å². The molecule has 0 heterocycles. The highest BCUT2D eigenvalue weighted by Crippen LogP contribution is 2.43. The number of rotatable bonds is 29. The van der Waals surface area contributed by atoms with Crippen molar-refractivity contribution in [1.82, 2.24) is 0 Å². The largest absolute Gasteiger partial charge is 0.472 e. The fourth-order valence-corrected chi connectivity index (χ4v) is 4.93. The second kappa shape index (κ2) is 27.2. The van der Waals surface area contributed by atoms with E-state index in [1.807, 2.05) is 6.92 Å². The molecule has 1 unspecified atom stereocenters. The Morgan fingerprint density at radius 1 is 0.667 bits per heavy atom. The third-order valence-corrected chi connectivity index (χ3v) is 7.48. The van der Waals surface area contributed by atoms with Gasteiger partial charge >= 0.3 is 19.8 Å². The summed E-state index contributed by atoms with van der Waals surface area (Å²) >= 11 is 0. The number of carbonyl (C=O) groups is 2. The van der Waals surface area contributed by atoms with Crippen molar-refractivity contribution in [3.8, 4) is 0 Å². The summed E-state index contributed by atoms with van der Waals surface area (Å²) < 4.78 is 32.1. The number of hydrogen-bond donors (Lipinski definition) is 2. The minimum absolute atomic E-state index is 0.0565. The summed E-state index contributed by atoms with van der Waals surface area (Å²) in [4.78, 5) is 34.0. The number of phosphoric ester groups is 1. The van der Waals surface area contributed by atoms with Gasteiger partial charge in [-0.2, -0.15) is 0 Å². The molecule has 0 aromatic rings. The second-order valence-electron chi connectivity index (χ2n) is 10.3. The summed E-state index contributed by atoms with van der Waals surface area (Å²) in [7, 11) is -4.34. The van der Waals surface area contributed by atoms with E-state index in [4.69, 9.17) is 24.3 Å². The molecule has 0 radical (unpaired) electrons. The number of esters is 2. The highest BCUT2D eigenvalue weighted by atomic mass is 31.2. The summed E-state index contributed by atoms with van der Waals surface area (Å²) in [5.74, 6) is -0.852. The van der Waals surface area contributed by atoms with E-state index in [-0.39, 0.29) is 32.6 Å². The lowest BCUT2D eigenvalue weighted by Gasteiger charge is -2.19. The molecular weight excluding hydrogens is 521 g/mol. The van der Waals surface area contributed by atoms with E-state index in [0.29, 0.717) is 12.8 Å². The number of phosphoric acid groups is 1. The summed E-state index contributed by atoms with van der Waals surface area (Å²) in [6.45, 7) is 3.53. The van der Waals surface area contributed by atoms with Gasteiger partial charge in [0.2, 0.25) is 0 Å². The first kappa shape index (κ1) is 38.0. The molecule has 0 spiro atoms. The van der Waals surface area contributed by atoms with Gasteiger partial charge in [0, 0.05) is 19.4 Å². The van der Waals surface area contributed by atoms with Crippen molar-refractivity contribution in [1.29, 1.82) is 0 Å². The lowest BCUT2D eigenvalue weighted by Crippen LogP contribution is -2.29. The second-order valence-corrected chi connectivity index (χ2v) is 11.8. The molecule has 0 amide bonds. The van der Waals surface area contributed by atoms with Crippen LogP contribution in [0.3, 0.4) is 0 Å². The molecule has 232 valence electrons. The zero-order chi connectivity index (χ0) is 29.0. The van der Waals surface area contributed by atoms with Gasteiger partial charge in [-0.25, -0.2) is 4.57 Å². The van der Waals surface area contributed by atoms with Crippen molar-refractivity contribution in [3.63, 3.8) is 0 Å². The molecule has 0 aromatic carbocycles. The Kier molecular flexibility index (Phi) is 26.5. The molecule has 9 nitrogen and oxygen atoms in total. The Morgan fingerprint density at radius 2 is 1.10 bits per heavy atom. The normalized spacial score (nSPS) is 13.6.